The molecule has 132 valence electrons. The van der Waals surface area contributed by atoms with Crippen LogP contribution in [0.1, 0.15) is 19.8 Å². The van der Waals surface area contributed by atoms with E-state index in [9.17, 15) is 9.59 Å². The van der Waals surface area contributed by atoms with E-state index in [1.54, 1.807) is 25.3 Å². The van der Waals surface area contributed by atoms with Gasteiger partial charge >= 0.3 is 0 Å². The molecule has 1 aromatic heterocycles. The predicted octanol–water partition coefficient (Wildman–Crippen LogP) is 1.47. The fourth-order valence-electron chi connectivity index (χ4n) is 2.51. The summed E-state index contributed by atoms with van der Waals surface area (Å²) in [5, 5.41) is 11.9. The molecule has 1 aromatic carbocycles. The van der Waals surface area contributed by atoms with Crippen molar-refractivity contribution in [3.8, 4) is 11.5 Å². The number of ether oxygens (including phenoxy) is 2. The summed E-state index contributed by atoms with van der Waals surface area (Å²) in [6, 6.07) is 7.25. The van der Waals surface area contributed by atoms with Crippen molar-refractivity contribution in [1.29, 1.82) is 0 Å². The molecule has 2 aromatic rings. The van der Waals surface area contributed by atoms with Crippen molar-refractivity contribution in [2.24, 2.45) is 0 Å². The van der Waals surface area contributed by atoms with E-state index in [2.05, 4.69) is 20.8 Å². The number of rotatable bonds is 6. The largest absolute Gasteiger partial charge is 0.482 e. The van der Waals surface area contributed by atoms with Gasteiger partial charge in [-0.25, -0.2) is 0 Å². The molecule has 8 heteroatoms. The van der Waals surface area contributed by atoms with E-state index < -0.39 is 6.10 Å². The summed E-state index contributed by atoms with van der Waals surface area (Å²) < 4.78 is 11.4. The second kappa shape index (κ2) is 7.69. The molecule has 2 heterocycles. The van der Waals surface area contributed by atoms with E-state index in [0.717, 1.165) is 0 Å². The topological polar surface area (TPSA) is 105 Å². The van der Waals surface area contributed by atoms with Gasteiger partial charge in [-0.1, -0.05) is 12.1 Å². The minimum Gasteiger partial charge on any atom is -0.482 e. The van der Waals surface area contributed by atoms with Gasteiger partial charge in [0.05, 0.1) is 11.9 Å². The first-order chi connectivity index (χ1) is 12.1. The van der Waals surface area contributed by atoms with Crippen LogP contribution >= 0.6 is 0 Å². The van der Waals surface area contributed by atoms with E-state index >= 15 is 0 Å². The molecule has 8 nitrogen and oxygen atoms in total. The molecule has 0 bridgehead atoms. The van der Waals surface area contributed by atoms with Crippen LogP contribution in [0.4, 0.5) is 5.69 Å². The summed E-state index contributed by atoms with van der Waals surface area (Å²) in [5.74, 6) is 0.808. The van der Waals surface area contributed by atoms with Crippen LogP contribution in [0.5, 0.6) is 11.5 Å². The molecular weight excluding hydrogens is 324 g/mol. The van der Waals surface area contributed by atoms with Crippen molar-refractivity contribution >= 4 is 17.5 Å². The number of nitrogens with one attached hydrogen (secondary N) is 3. The summed E-state index contributed by atoms with van der Waals surface area (Å²) in [4.78, 5) is 24.0. The molecule has 25 heavy (non-hydrogen) atoms. The molecule has 0 fully saturated rings. The van der Waals surface area contributed by atoms with Gasteiger partial charge in [0, 0.05) is 19.2 Å². The van der Waals surface area contributed by atoms with Crippen molar-refractivity contribution in [3.63, 3.8) is 0 Å². The summed E-state index contributed by atoms with van der Waals surface area (Å²) in [5.41, 5.74) is 0.620. The molecule has 1 aliphatic heterocycles. The number of carbonyl (C=O) groups is 2. The van der Waals surface area contributed by atoms with Crippen molar-refractivity contribution < 1.29 is 19.1 Å². The van der Waals surface area contributed by atoms with E-state index in [4.69, 9.17) is 9.47 Å². The van der Waals surface area contributed by atoms with Crippen LogP contribution in [-0.4, -0.2) is 40.8 Å². The number of carbonyl (C=O) groups excluding carboxylic acids is 2. The number of fused-ring (bicyclic) bond motifs is 1. The lowest BCUT2D eigenvalue weighted by Crippen LogP contribution is -2.49. The molecule has 1 aliphatic rings. The molecule has 0 saturated carbocycles. The molecule has 0 spiro atoms. The number of benzene rings is 1. The third-order valence-corrected chi connectivity index (χ3v) is 3.76. The Balaban J connectivity index is 1.41. The highest BCUT2D eigenvalue weighted by Gasteiger charge is 2.33. The van der Waals surface area contributed by atoms with Gasteiger partial charge in [0.15, 0.2) is 11.5 Å². The highest BCUT2D eigenvalue weighted by Crippen LogP contribution is 2.33. The van der Waals surface area contributed by atoms with Crippen molar-refractivity contribution in [2.45, 2.75) is 32.0 Å². The molecule has 2 amide bonds. The SMILES string of the molecule is C[C@@H]1Oc2ccccc2O[C@@H]1C(=O)NCCCC(=O)Nc1cn[nH]c1. The number of aromatic nitrogens is 2. The molecule has 0 saturated heterocycles. The second-order valence-corrected chi connectivity index (χ2v) is 5.74. The molecule has 0 unspecified atom stereocenters. The Morgan fingerprint density at radius 3 is 2.72 bits per heavy atom. The number of para-hydroxylation sites is 2. The van der Waals surface area contributed by atoms with Crippen LogP contribution in [0.15, 0.2) is 36.7 Å². The highest BCUT2D eigenvalue weighted by atomic mass is 16.6. The number of nitrogens with zero attached hydrogens (tertiary/aromatic N) is 1. The Kier molecular flexibility index (Phi) is 5.17. The van der Waals surface area contributed by atoms with Gasteiger partial charge in [0.1, 0.15) is 6.10 Å². The monoisotopic (exact) mass is 344 g/mol. The molecule has 3 N–H and O–H groups in total. The lowest BCUT2D eigenvalue weighted by molar-refractivity contribution is -0.133. The highest BCUT2D eigenvalue weighted by molar-refractivity contribution is 5.90. The number of hydrogen-bond acceptors (Lipinski definition) is 5. The van der Waals surface area contributed by atoms with E-state index in [1.807, 2.05) is 12.1 Å². The first-order valence-corrected chi connectivity index (χ1v) is 8.12. The smallest absolute Gasteiger partial charge is 0.265 e. The van der Waals surface area contributed by atoms with Gasteiger partial charge < -0.3 is 20.1 Å². The van der Waals surface area contributed by atoms with Gasteiger partial charge in [-0.2, -0.15) is 5.10 Å². The Hall–Kier alpha value is -3.03. The van der Waals surface area contributed by atoms with Crippen molar-refractivity contribution in [2.75, 3.05) is 11.9 Å². The van der Waals surface area contributed by atoms with Crippen LogP contribution < -0.4 is 20.1 Å². The third kappa shape index (κ3) is 4.28. The van der Waals surface area contributed by atoms with Crippen LogP contribution in [0.3, 0.4) is 0 Å². The van der Waals surface area contributed by atoms with E-state index in [1.165, 1.54) is 6.20 Å². The molecule has 2 atom stereocenters. The number of aromatic amines is 1. The maximum absolute atomic E-state index is 12.3. The Labute approximate surface area is 144 Å². The van der Waals surface area contributed by atoms with Crippen LogP contribution in [-0.2, 0) is 9.59 Å². The van der Waals surface area contributed by atoms with Gasteiger partial charge in [-0.05, 0) is 25.5 Å². The standard InChI is InChI=1S/C17H20N4O4/c1-11-16(25-14-6-3-2-5-13(14)24-11)17(23)18-8-4-7-15(22)21-12-9-19-20-10-12/h2-3,5-6,9-11,16H,4,7-8H2,1H3,(H,18,23)(H,19,20)(H,21,22)/t11-,16-/m0/s1. The molecule has 3 rings (SSSR count). The molecular formula is C17H20N4O4. The lowest BCUT2D eigenvalue weighted by Gasteiger charge is -2.31. The third-order valence-electron chi connectivity index (χ3n) is 3.76. The number of H-pyrrole nitrogens is 1. The van der Waals surface area contributed by atoms with Crippen LogP contribution in [0, 0.1) is 0 Å². The minimum absolute atomic E-state index is 0.129. The number of anilines is 1. The number of amides is 2. The fraction of sp³-hybridized carbons (Fsp3) is 0.353. The van der Waals surface area contributed by atoms with Gasteiger partial charge in [0.2, 0.25) is 12.0 Å². The lowest BCUT2D eigenvalue weighted by atomic mass is 10.1. The minimum atomic E-state index is -0.713. The quantitative estimate of drug-likeness (QED) is 0.688. The Bertz CT molecular complexity index is 732. The van der Waals surface area contributed by atoms with Crippen LogP contribution in [0.2, 0.25) is 0 Å². The first-order valence-electron chi connectivity index (χ1n) is 8.12. The maximum atomic E-state index is 12.3. The van der Waals surface area contributed by atoms with Crippen molar-refractivity contribution in [1.82, 2.24) is 15.5 Å². The Morgan fingerprint density at radius 1 is 1.24 bits per heavy atom. The zero-order valence-corrected chi connectivity index (χ0v) is 13.8. The zero-order chi connectivity index (χ0) is 17.6. The second-order valence-electron chi connectivity index (χ2n) is 5.74. The first kappa shape index (κ1) is 16.8. The van der Waals surface area contributed by atoms with Gasteiger partial charge in [-0.3, -0.25) is 14.7 Å². The Morgan fingerprint density at radius 2 is 2.00 bits per heavy atom. The number of hydrogen-bond donors (Lipinski definition) is 3. The summed E-state index contributed by atoms with van der Waals surface area (Å²) in [6.07, 6.45) is 2.84. The fourth-order valence-corrected chi connectivity index (χ4v) is 2.51. The molecule has 0 radical (unpaired) electrons. The van der Waals surface area contributed by atoms with Crippen molar-refractivity contribution in [3.05, 3.63) is 36.7 Å². The predicted molar refractivity (Wildman–Crippen MR) is 90.4 cm³/mol. The summed E-state index contributed by atoms with van der Waals surface area (Å²) in [6.45, 7) is 2.17. The zero-order valence-electron chi connectivity index (χ0n) is 13.8. The van der Waals surface area contributed by atoms with Crippen LogP contribution in [0.25, 0.3) is 0 Å². The van der Waals surface area contributed by atoms with E-state index in [0.29, 0.717) is 36.6 Å². The summed E-state index contributed by atoms with van der Waals surface area (Å²) in [7, 11) is 0. The average Bonchev–Trinajstić information content (AvgIpc) is 3.10. The van der Waals surface area contributed by atoms with E-state index in [-0.39, 0.29) is 17.9 Å². The summed E-state index contributed by atoms with van der Waals surface area (Å²) >= 11 is 0. The average molecular weight is 344 g/mol. The normalized spacial score (nSPS) is 18.4. The van der Waals surface area contributed by atoms with Gasteiger partial charge in [0.25, 0.3) is 5.91 Å². The van der Waals surface area contributed by atoms with Gasteiger partial charge in [-0.15, -0.1) is 0 Å². The molecule has 0 aliphatic carbocycles. The maximum Gasteiger partial charge on any atom is 0.265 e.